The highest BCUT2D eigenvalue weighted by molar-refractivity contribution is 6.02. The van der Waals surface area contributed by atoms with Crippen molar-refractivity contribution in [3.05, 3.63) is 119 Å². The zero-order valence-electron chi connectivity index (χ0n) is 50.5. The van der Waals surface area contributed by atoms with E-state index in [9.17, 15) is 39.3 Å². The second kappa shape index (κ2) is 29.9. The van der Waals surface area contributed by atoms with Crippen LogP contribution in [0.3, 0.4) is 0 Å². The minimum Gasteiger partial charge on any atom is -0.508 e. The molecule has 3 saturated heterocycles. The Morgan fingerprint density at radius 3 is 1.88 bits per heavy atom. The molecule has 22 nitrogen and oxygen atoms in total. The van der Waals surface area contributed by atoms with Crippen LogP contribution < -0.4 is 21.3 Å². The average Bonchev–Trinajstić information content (AvgIpc) is 2.21. The maximum absolute atomic E-state index is 14.8. The molecule has 0 bridgehead atoms. The normalized spacial score (nSPS) is 18.1. The van der Waals surface area contributed by atoms with Crippen LogP contribution in [0.15, 0.2) is 102 Å². The van der Waals surface area contributed by atoms with Crippen molar-refractivity contribution in [2.24, 2.45) is 17.0 Å². The van der Waals surface area contributed by atoms with Gasteiger partial charge in [-0.25, -0.2) is 4.57 Å². The number of hydrogen-bond donors (Lipinski definition) is 7. The predicted octanol–water partition coefficient (Wildman–Crippen LogP) is 5.22. The SMILES string of the molecule is CC(C)C[C@H](NC(=O)[C@H](CCc1ccccc1)NC(=O)CN1CCOCC1)C(=O)N[C@@H](Cc1ccccc1)C(=O)N[C@@H](CC(C)C)C(=NOCC(=O)N1CCN(Cc2ccc(-n3c(O)nnc3-c3cc(C(C)C)c(O)cc3O)cc2)CC1)[C@@]1(C)CO1. The van der Waals surface area contributed by atoms with Crippen molar-refractivity contribution in [3.63, 3.8) is 0 Å². The molecule has 462 valence electrons. The van der Waals surface area contributed by atoms with Gasteiger partial charge in [0.05, 0.1) is 43.7 Å². The van der Waals surface area contributed by atoms with Crippen LogP contribution in [-0.2, 0) is 57.7 Å². The van der Waals surface area contributed by atoms with E-state index in [0.717, 1.165) is 16.7 Å². The second-order valence-corrected chi connectivity index (χ2v) is 24.0. The van der Waals surface area contributed by atoms with Gasteiger partial charge in [0, 0.05) is 58.3 Å². The molecule has 0 unspecified atom stereocenters. The zero-order chi connectivity index (χ0) is 61.5. The number of carbonyl (C=O) groups is 5. The lowest BCUT2D eigenvalue weighted by Crippen LogP contribution is -2.59. The number of rotatable bonds is 28. The smallest absolute Gasteiger partial charge is 0.319 e. The molecule has 7 N–H and O–H groups in total. The van der Waals surface area contributed by atoms with Crippen molar-refractivity contribution in [2.75, 3.05) is 72.2 Å². The lowest BCUT2D eigenvalue weighted by Gasteiger charge is -2.34. The Balaban J connectivity index is 0.898. The molecule has 3 aliphatic rings. The number of benzene rings is 4. The molecule has 3 fully saturated rings. The van der Waals surface area contributed by atoms with Crippen molar-refractivity contribution >= 4 is 35.2 Å². The van der Waals surface area contributed by atoms with E-state index in [-0.39, 0.29) is 78.9 Å². The van der Waals surface area contributed by atoms with E-state index < -0.39 is 47.5 Å². The van der Waals surface area contributed by atoms with E-state index in [0.29, 0.717) is 107 Å². The number of hydrogen-bond acceptors (Lipinski definition) is 16. The summed E-state index contributed by atoms with van der Waals surface area (Å²) in [6.45, 7) is 18.6. The summed E-state index contributed by atoms with van der Waals surface area (Å²) in [5.41, 5.74) is 3.81. The number of phenols is 2. The highest BCUT2D eigenvalue weighted by Crippen LogP contribution is 2.39. The van der Waals surface area contributed by atoms with Gasteiger partial charge in [-0.2, -0.15) is 0 Å². The Labute approximate surface area is 503 Å². The van der Waals surface area contributed by atoms with E-state index in [2.05, 4.69) is 41.5 Å². The third-order valence-electron chi connectivity index (χ3n) is 15.7. The molecule has 3 aliphatic heterocycles. The number of phenolic OH excluding ortho intramolecular Hbond substituents is 2. The van der Waals surface area contributed by atoms with Gasteiger partial charge < -0.3 is 55.8 Å². The van der Waals surface area contributed by atoms with Gasteiger partial charge in [0.25, 0.3) is 5.91 Å². The summed E-state index contributed by atoms with van der Waals surface area (Å²) in [5.74, 6) is -2.14. The Morgan fingerprint density at radius 2 is 1.26 bits per heavy atom. The van der Waals surface area contributed by atoms with Gasteiger partial charge in [-0.1, -0.05) is 125 Å². The number of ether oxygens (including phenoxy) is 2. The zero-order valence-corrected chi connectivity index (χ0v) is 50.5. The molecule has 8 rings (SSSR count). The van der Waals surface area contributed by atoms with Gasteiger partial charge in [0.15, 0.2) is 12.4 Å². The lowest BCUT2D eigenvalue weighted by molar-refractivity contribution is -0.138. The molecule has 1 aromatic heterocycles. The summed E-state index contributed by atoms with van der Waals surface area (Å²) in [6, 6.07) is 25.3. The molecule has 4 aromatic carbocycles. The number of aryl methyl sites for hydroxylation is 1. The third kappa shape index (κ3) is 17.8. The number of nitrogens with zero attached hydrogens (tertiary/aromatic N) is 7. The topological polar surface area (TPSA) is 278 Å². The number of carbonyl (C=O) groups excluding carboxylic acids is 5. The van der Waals surface area contributed by atoms with Crippen LogP contribution in [0.25, 0.3) is 17.1 Å². The number of morpholine rings is 1. The summed E-state index contributed by atoms with van der Waals surface area (Å²) in [6.07, 6.45) is 1.61. The standard InChI is InChI=1S/C64H85N11O11/c1-41(2)32-51(66-62(82)53(34-45-16-12-9-13-17-45)68-61(81)52(33-42(3)4)67-60(80)50(23-20-44-14-10-8-11-15-44)65-56(78)38-73-28-30-84-31-29-73)58(64(7)40-85-64)71-86-39-57(79)74-26-24-72(25-27-74)37-46-18-21-47(22-19-46)75-59(69-70-63(75)83)49-35-48(43(5)6)54(76)36-55(49)77/h8-19,21-22,35-36,41-43,50-53,76-77H,20,23-34,37-40H2,1-7H3,(H,65,78)(H,66,82)(H,67,80)(H,68,81)(H,70,83)/t50-,51-,52-,53-,64+/m0/s1. The van der Waals surface area contributed by atoms with E-state index in [1.165, 1.54) is 10.6 Å². The van der Waals surface area contributed by atoms with Crippen molar-refractivity contribution in [1.29, 1.82) is 0 Å². The van der Waals surface area contributed by atoms with Crippen LogP contribution in [0.5, 0.6) is 17.5 Å². The molecule has 22 heteroatoms. The van der Waals surface area contributed by atoms with Crippen molar-refractivity contribution in [1.82, 2.24) is 50.7 Å². The van der Waals surface area contributed by atoms with E-state index >= 15 is 0 Å². The van der Waals surface area contributed by atoms with Gasteiger partial charge in [0.1, 0.15) is 40.9 Å². The molecule has 86 heavy (non-hydrogen) atoms. The number of nitrogens with one attached hydrogen (secondary N) is 4. The fraction of sp³-hybridized carbons (Fsp3) is 0.500. The minimum absolute atomic E-state index is 0.0359. The molecular formula is C64H85N11O11. The van der Waals surface area contributed by atoms with Gasteiger partial charge in [-0.3, -0.25) is 33.8 Å². The van der Waals surface area contributed by atoms with E-state index in [4.69, 9.17) is 14.3 Å². The third-order valence-corrected chi connectivity index (χ3v) is 15.7. The van der Waals surface area contributed by atoms with Crippen molar-refractivity contribution < 1.29 is 53.6 Å². The number of aromatic nitrogens is 3. The van der Waals surface area contributed by atoms with Gasteiger partial charge in [0.2, 0.25) is 23.6 Å². The van der Waals surface area contributed by atoms with Crippen molar-refractivity contribution in [3.8, 4) is 34.6 Å². The molecule has 5 atom stereocenters. The van der Waals surface area contributed by atoms with Crippen LogP contribution in [0.1, 0.15) is 95.9 Å². The molecule has 4 heterocycles. The Bertz CT molecular complexity index is 3100. The Morgan fingerprint density at radius 1 is 0.663 bits per heavy atom. The van der Waals surface area contributed by atoms with E-state index in [1.54, 1.807) is 11.0 Å². The number of piperazine rings is 1. The maximum Gasteiger partial charge on any atom is 0.319 e. The highest BCUT2D eigenvalue weighted by atomic mass is 16.6. The van der Waals surface area contributed by atoms with Crippen molar-refractivity contribution in [2.45, 2.75) is 123 Å². The number of oxime groups is 1. The summed E-state index contributed by atoms with van der Waals surface area (Å²) >= 11 is 0. The first-order valence-electron chi connectivity index (χ1n) is 30.0. The average molecular weight is 1180 g/mol. The van der Waals surface area contributed by atoms with Gasteiger partial charge in [-0.15, -0.1) is 5.10 Å². The van der Waals surface area contributed by atoms with Crippen LogP contribution in [0.4, 0.5) is 0 Å². The summed E-state index contributed by atoms with van der Waals surface area (Å²) in [4.78, 5) is 82.7. The molecule has 5 aromatic rings. The van der Waals surface area contributed by atoms with Gasteiger partial charge >= 0.3 is 6.01 Å². The molecular weight excluding hydrogens is 1100 g/mol. The Hall–Kier alpha value is -7.92. The quantitative estimate of drug-likeness (QED) is 0.0192. The van der Waals surface area contributed by atoms with Gasteiger partial charge in [-0.05, 0) is 90.8 Å². The van der Waals surface area contributed by atoms with Crippen LogP contribution >= 0.6 is 0 Å². The molecule has 0 saturated carbocycles. The van der Waals surface area contributed by atoms with Crippen LogP contribution in [0, 0.1) is 11.8 Å². The van der Waals surface area contributed by atoms with Crippen LogP contribution in [0.2, 0.25) is 0 Å². The fourth-order valence-electron chi connectivity index (χ4n) is 10.8. The molecule has 5 amide bonds. The van der Waals surface area contributed by atoms with Crippen LogP contribution in [-0.4, -0.2) is 182 Å². The monoisotopic (exact) mass is 1180 g/mol. The molecule has 0 aliphatic carbocycles. The summed E-state index contributed by atoms with van der Waals surface area (Å²) < 4.78 is 12.8. The molecule has 0 spiro atoms. The second-order valence-electron chi connectivity index (χ2n) is 24.0. The number of aromatic hydroxyl groups is 3. The first-order valence-corrected chi connectivity index (χ1v) is 30.0. The summed E-state index contributed by atoms with van der Waals surface area (Å²) in [5, 5.41) is 56.6. The lowest BCUT2D eigenvalue weighted by atomic mass is 9.92. The largest absolute Gasteiger partial charge is 0.508 e. The number of epoxide rings is 1. The molecule has 0 radical (unpaired) electrons. The predicted molar refractivity (Wildman–Crippen MR) is 324 cm³/mol. The number of amides is 5. The maximum atomic E-state index is 14.8. The first kappa shape index (κ1) is 64.1. The first-order chi connectivity index (χ1) is 41.2. The highest BCUT2D eigenvalue weighted by Gasteiger charge is 2.49. The fourth-order valence-corrected chi connectivity index (χ4v) is 10.8. The summed E-state index contributed by atoms with van der Waals surface area (Å²) in [7, 11) is 0. The Kier molecular flexibility index (Phi) is 22.3. The van der Waals surface area contributed by atoms with E-state index in [1.807, 2.05) is 138 Å². The minimum atomic E-state index is -1.10.